The average Bonchev–Trinajstić information content (AvgIpc) is 2.24. The van der Waals surface area contributed by atoms with E-state index >= 15 is 0 Å². The van der Waals surface area contributed by atoms with E-state index < -0.39 is 46.3 Å². The molecule has 0 aliphatic rings. The molecule has 0 aliphatic heterocycles. The first-order valence-corrected chi connectivity index (χ1v) is 4.55. The molecule has 0 aromatic heterocycles. The van der Waals surface area contributed by atoms with Crippen molar-refractivity contribution in [2.45, 2.75) is 19.0 Å². The van der Waals surface area contributed by atoms with Crippen molar-refractivity contribution < 1.29 is 36.4 Å². The second-order valence-electron chi connectivity index (χ2n) is 3.40. The summed E-state index contributed by atoms with van der Waals surface area (Å²) >= 11 is 0. The van der Waals surface area contributed by atoms with Gasteiger partial charge in [0.2, 0.25) is 0 Å². The van der Waals surface area contributed by atoms with Gasteiger partial charge < -0.3 is 5.11 Å². The topological polar surface area (TPSA) is 63.4 Å². The standard InChI is InChI=1S/C9H5F6NO3/c10-8(11,12)5-1-2-6(16(18)19)7(4(5)3-17)9(13,14)15/h1-2,17H,3H2. The van der Waals surface area contributed by atoms with E-state index in [4.69, 9.17) is 5.11 Å². The molecule has 4 nitrogen and oxygen atoms in total. The highest BCUT2D eigenvalue weighted by Gasteiger charge is 2.45. The Balaban J connectivity index is 3.75. The number of nitro benzene ring substituents is 1. The van der Waals surface area contributed by atoms with Crippen molar-refractivity contribution in [3.05, 3.63) is 38.9 Å². The largest absolute Gasteiger partial charge is 0.423 e. The maximum absolute atomic E-state index is 12.6. The van der Waals surface area contributed by atoms with Crippen LogP contribution in [-0.4, -0.2) is 10.0 Å². The summed E-state index contributed by atoms with van der Waals surface area (Å²) in [5, 5.41) is 19.1. The lowest BCUT2D eigenvalue weighted by atomic mass is 9.98. The third-order valence-corrected chi connectivity index (χ3v) is 2.23. The van der Waals surface area contributed by atoms with Gasteiger partial charge in [0.15, 0.2) is 0 Å². The van der Waals surface area contributed by atoms with E-state index in [2.05, 4.69) is 0 Å². The van der Waals surface area contributed by atoms with Crippen molar-refractivity contribution >= 4 is 5.69 Å². The predicted octanol–water partition coefficient (Wildman–Crippen LogP) is 3.12. The van der Waals surface area contributed by atoms with Gasteiger partial charge in [-0.25, -0.2) is 0 Å². The Bertz CT molecular complexity index is 508. The fourth-order valence-electron chi connectivity index (χ4n) is 1.53. The van der Waals surface area contributed by atoms with Crippen LogP contribution in [0.4, 0.5) is 32.0 Å². The lowest BCUT2D eigenvalue weighted by molar-refractivity contribution is -0.388. The molecular formula is C9H5F6NO3. The van der Waals surface area contributed by atoms with E-state index in [0.29, 0.717) is 0 Å². The van der Waals surface area contributed by atoms with Gasteiger partial charge in [-0.05, 0) is 6.07 Å². The normalized spacial score (nSPS) is 12.6. The minimum atomic E-state index is -5.39. The van der Waals surface area contributed by atoms with Gasteiger partial charge in [0.25, 0.3) is 5.69 Å². The number of benzene rings is 1. The first-order chi connectivity index (χ1) is 8.50. The number of alkyl halides is 6. The maximum Gasteiger partial charge on any atom is 0.423 e. The van der Waals surface area contributed by atoms with Gasteiger partial charge in [-0.1, -0.05) is 0 Å². The van der Waals surface area contributed by atoms with Crippen molar-refractivity contribution in [2.24, 2.45) is 0 Å². The van der Waals surface area contributed by atoms with Crippen molar-refractivity contribution in [1.82, 2.24) is 0 Å². The van der Waals surface area contributed by atoms with Crippen LogP contribution in [0.5, 0.6) is 0 Å². The SMILES string of the molecule is O=[N+]([O-])c1ccc(C(F)(F)F)c(CO)c1C(F)(F)F. The molecule has 0 saturated carbocycles. The van der Waals surface area contributed by atoms with E-state index in [9.17, 15) is 36.5 Å². The van der Waals surface area contributed by atoms with E-state index in [1.807, 2.05) is 0 Å². The zero-order valence-electron chi connectivity index (χ0n) is 8.84. The highest BCUT2D eigenvalue weighted by molar-refractivity contribution is 5.51. The molecule has 0 saturated heterocycles. The zero-order valence-corrected chi connectivity index (χ0v) is 8.84. The van der Waals surface area contributed by atoms with E-state index in [-0.39, 0.29) is 12.1 Å². The van der Waals surface area contributed by atoms with Crippen LogP contribution >= 0.6 is 0 Å². The van der Waals surface area contributed by atoms with Crippen LogP contribution in [0.2, 0.25) is 0 Å². The van der Waals surface area contributed by atoms with Gasteiger partial charge >= 0.3 is 12.4 Å². The number of aliphatic hydroxyl groups is 1. The van der Waals surface area contributed by atoms with Gasteiger partial charge in [-0.15, -0.1) is 0 Å². The van der Waals surface area contributed by atoms with Crippen LogP contribution in [0.15, 0.2) is 12.1 Å². The van der Waals surface area contributed by atoms with E-state index in [1.54, 1.807) is 0 Å². The Morgan fingerprint density at radius 1 is 1.11 bits per heavy atom. The molecule has 0 heterocycles. The summed E-state index contributed by atoms with van der Waals surface area (Å²) in [4.78, 5) is 8.98. The lowest BCUT2D eigenvalue weighted by Crippen LogP contribution is -2.18. The summed E-state index contributed by atoms with van der Waals surface area (Å²) in [7, 11) is 0. The second-order valence-corrected chi connectivity index (χ2v) is 3.40. The van der Waals surface area contributed by atoms with Gasteiger partial charge in [0.05, 0.1) is 17.1 Å². The minimum absolute atomic E-state index is 0.116. The second kappa shape index (κ2) is 4.68. The maximum atomic E-state index is 12.6. The molecule has 0 unspecified atom stereocenters. The molecule has 1 aromatic carbocycles. The summed E-state index contributed by atoms with van der Waals surface area (Å²) < 4.78 is 75.4. The van der Waals surface area contributed by atoms with Crippen LogP contribution in [0.3, 0.4) is 0 Å². The Morgan fingerprint density at radius 3 is 1.95 bits per heavy atom. The minimum Gasteiger partial charge on any atom is -0.392 e. The number of nitro groups is 1. The highest BCUT2D eigenvalue weighted by atomic mass is 19.4. The predicted molar refractivity (Wildman–Crippen MR) is 49.0 cm³/mol. The molecule has 0 fully saturated rings. The molecular weight excluding hydrogens is 284 g/mol. The van der Waals surface area contributed by atoms with Crippen molar-refractivity contribution in [2.75, 3.05) is 0 Å². The van der Waals surface area contributed by atoms with E-state index in [0.717, 1.165) is 0 Å². The fourth-order valence-corrected chi connectivity index (χ4v) is 1.53. The monoisotopic (exact) mass is 289 g/mol. The van der Waals surface area contributed by atoms with E-state index in [1.165, 1.54) is 0 Å². The van der Waals surface area contributed by atoms with Gasteiger partial charge in [0.1, 0.15) is 5.56 Å². The first-order valence-electron chi connectivity index (χ1n) is 4.55. The third-order valence-electron chi connectivity index (χ3n) is 2.23. The number of hydrogen-bond donors (Lipinski definition) is 1. The fraction of sp³-hybridized carbons (Fsp3) is 0.333. The Kier molecular flexibility index (Phi) is 3.75. The van der Waals surface area contributed by atoms with Crippen molar-refractivity contribution in [3.63, 3.8) is 0 Å². The third kappa shape index (κ3) is 2.95. The summed E-state index contributed by atoms with van der Waals surface area (Å²) in [5.74, 6) is 0. The van der Waals surface area contributed by atoms with Gasteiger partial charge in [-0.3, -0.25) is 10.1 Å². The molecule has 0 spiro atoms. The summed E-state index contributed by atoms with van der Waals surface area (Å²) in [6, 6.07) is 0.254. The summed E-state index contributed by atoms with van der Waals surface area (Å²) in [6.45, 7) is -1.62. The average molecular weight is 289 g/mol. The number of rotatable bonds is 2. The molecule has 0 aliphatic carbocycles. The van der Waals surface area contributed by atoms with Crippen LogP contribution in [-0.2, 0) is 19.0 Å². The Morgan fingerprint density at radius 2 is 1.63 bits per heavy atom. The molecule has 1 aromatic rings. The molecule has 1 N–H and O–H groups in total. The lowest BCUT2D eigenvalue weighted by Gasteiger charge is -2.17. The first kappa shape index (κ1) is 15.2. The summed E-state index contributed by atoms with van der Waals surface area (Å²) in [6.07, 6.45) is -10.5. The number of nitrogens with zero attached hydrogens (tertiary/aromatic N) is 1. The van der Waals surface area contributed by atoms with Gasteiger partial charge in [-0.2, -0.15) is 26.3 Å². The molecule has 0 atom stereocenters. The molecule has 0 bridgehead atoms. The Hall–Kier alpha value is -1.84. The molecule has 0 radical (unpaired) electrons. The van der Waals surface area contributed by atoms with Crippen molar-refractivity contribution in [1.29, 1.82) is 0 Å². The number of halogens is 6. The number of hydrogen-bond acceptors (Lipinski definition) is 3. The van der Waals surface area contributed by atoms with Crippen LogP contribution in [0.25, 0.3) is 0 Å². The van der Waals surface area contributed by atoms with Gasteiger partial charge in [0, 0.05) is 11.6 Å². The quantitative estimate of drug-likeness (QED) is 0.517. The smallest absolute Gasteiger partial charge is 0.392 e. The molecule has 106 valence electrons. The molecule has 1 rings (SSSR count). The highest BCUT2D eigenvalue weighted by Crippen LogP contribution is 2.43. The van der Waals surface area contributed by atoms with Crippen LogP contribution in [0.1, 0.15) is 16.7 Å². The van der Waals surface area contributed by atoms with Crippen LogP contribution in [0, 0.1) is 10.1 Å². The summed E-state index contributed by atoms with van der Waals surface area (Å²) in [5.41, 5.74) is -6.94. The molecule has 10 heteroatoms. The van der Waals surface area contributed by atoms with Crippen LogP contribution < -0.4 is 0 Å². The van der Waals surface area contributed by atoms with Crippen molar-refractivity contribution in [3.8, 4) is 0 Å². The molecule has 0 amide bonds. The Labute approximate surface area is 101 Å². The number of aliphatic hydroxyl groups excluding tert-OH is 1. The molecule has 19 heavy (non-hydrogen) atoms. The zero-order chi connectivity index (χ0) is 15.0.